The van der Waals surface area contributed by atoms with Gasteiger partial charge in [0.15, 0.2) is 0 Å². The van der Waals surface area contributed by atoms with E-state index in [0.29, 0.717) is 10.4 Å². The number of benzene rings is 1. The van der Waals surface area contributed by atoms with Crippen LogP contribution in [0.4, 0.5) is 13.2 Å². The van der Waals surface area contributed by atoms with Crippen molar-refractivity contribution < 1.29 is 18.0 Å². The summed E-state index contributed by atoms with van der Waals surface area (Å²) < 4.78 is 39.2. The van der Waals surface area contributed by atoms with Gasteiger partial charge in [-0.25, -0.2) is 0 Å². The zero-order valence-corrected chi connectivity index (χ0v) is 13.8. The standard InChI is InChI=1S/C15H19BrF3NO/c1-9(2)4-5-10(3)20-14(21)12-7-6-11(16)8-13(12)15(17,18)19/h6-10H,4-5H2,1-3H3,(H,20,21). The molecule has 118 valence electrons. The minimum absolute atomic E-state index is 0.162. The first-order chi connectivity index (χ1) is 9.61. The zero-order valence-electron chi connectivity index (χ0n) is 12.2. The molecule has 1 aromatic rings. The van der Waals surface area contributed by atoms with Crippen molar-refractivity contribution in [3.63, 3.8) is 0 Å². The van der Waals surface area contributed by atoms with Gasteiger partial charge in [0.2, 0.25) is 0 Å². The summed E-state index contributed by atoms with van der Waals surface area (Å²) >= 11 is 3.00. The van der Waals surface area contributed by atoms with E-state index in [2.05, 4.69) is 35.1 Å². The molecule has 1 N–H and O–H groups in total. The SMILES string of the molecule is CC(C)CCC(C)NC(=O)c1ccc(Br)cc1C(F)(F)F. The largest absolute Gasteiger partial charge is 0.417 e. The maximum Gasteiger partial charge on any atom is 0.417 e. The van der Waals surface area contributed by atoms with Crippen LogP contribution < -0.4 is 5.32 Å². The third kappa shape index (κ3) is 5.69. The average molecular weight is 366 g/mol. The Morgan fingerprint density at radius 3 is 2.38 bits per heavy atom. The van der Waals surface area contributed by atoms with Crippen molar-refractivity contribution in [3.8, 4) is 0 Å². The van der Waals surface area contributed by atoms with Crippen LogP contribution >= 0.6 is 15.9 Å². The molecular weight excluding hydrogens is 347 g/mol. The monoisotopic (exact) mass is 365 g/mol. The van der Waals surface area contributed by atoms with Crippen LogP contribution in [0.25, 0.3) is 0 Å². The fourth-order valence-corrected chi connectivity index (χ4v) is 2.27. The molecule has 0 saturated carbocycles. The summed E-state index contributed by atoms with van der Waals surface area (Å²) in [6.45, 7) is 5.92. The van der Waals surface area contributed by atoms with Crippen molar-refractivity contribution in [2.75, 3.05) is 0 Å². The van der Waals surface area contributed by atoms with E-state index in [0.717, 1.165) is 18.9 Å². The van der Waals surface area contributed by atoms with Crippen LogP contribution in [0.5, 0.6) is 0 Å². The highest BCUT2D eigenvalue weighted by Crippen LogP contribution is 2.33. The summed E-state index contributed by atoms with van der Waals surface area (Å²) in [4.78, 5) is 12.1. The van der Waals surface area contributed by atoms with Crippen LogP contribution in [-0.2, 0) is 6.18 Å². The number of carbonyl (C=O) groups excluding carboxylic acids is 1. The molecule has 1 rings (SSSR count). The maximum atomic E-state index is 13.0. The van der Waals surface area contributed by atoms with Gasteiger partial charge in [0.05, 0.1) is 11.1 Å². The predicted molar refractivity (Wildman–Crippen MR) is 80.1 cm³/mol. The molecule has 6 heteroatoms. The molecule has 0 aliphatic heterocycles. The third-order valence-electron chi connectivity index (χ3n) is 3.09. The number of nitrogens with one attached hydrogen (secondary N) is 1. The molecule has 0 saturated heterocycles. The van der Waals surface area contributed by atoms with Crippen LogP contribution in [0.2, 0.25) is 0 Å². The predicted octanol–water partition coefficient (Wildman–Crippen LogP) is 5.02. The normalized spacial score (nSPS) is 13.3. The van der Waals surface area contributed by atoms with Crippen molar-refractivity contribution in [3.05, 3.63) is 33.8 Å². The van der Waals surface area contributed by atoms with E-state index in [1.165, 1.54) is 12.1 Å². The highest BCUT2D eigenvalue weighted by Gasteiger charge is 2.35. The van der Waals surface area contributed by atoms with E-state index < -0.39 is 17.6 Å². The second kappa shape index (κ2) is 7.29. The molecule has 0 fully saturated rings. The molecule has 1 aromatic carbocycles. The molecular formula is C15H19BrF3NO. The fourth-order valence-electron chi connectivity index (χ4n) is 1.91. The molecule has 1 unspecified atom stereocenters. The Morgan fingerprint density at radius 2 is 1.86 bits per heavy atom. The smallest absolute Gasteiger partial charge is 0.350 e. The molecule has 1 atom stereocenters. The fraction of sp³-hybridized carbons (Fsp3) is 0.533. The summed E-state index contributed by atoms with van der Waals surface area (Å²) in [6.07, 6.45) is -2.91. The van der Waals surface area contributed by atoms with Gasteiger partial charge in [-0.15, -0.1) is 0 Å². The van der Waals surface area contributed by atoms with Gasteiger partial charge in [-0.2, -0.15) is 13.2 Å². The quantitative estimate of drug-likeness (QED) is 0.779. The Kier molecular flexibility index (Phi) is 6.25. The minimum atomic E-state index is -4.56. The Labute approximate surface area is 131 Å². The van der Waals surface area contributed by atoms with Gasteiger partial charge in [0, 0.05) is 10.5 Å². The van der Waals surface area contributed by atoms with Crippen LogP contribution in [0.1, 0.15) is 49.5 Å². The van der Waals surface area contributed by atoms with Crippen LogP contribution in [0, 0.1) is 5.92 Å². The van der Waals surface area contributed by atoms with Gasteiger partial charge in [-0.1, -0.05) is 29.8 Å². The number of alkyl halides is 3. The van der Waals surface area contributed by atoms with Crippen molar-refractivity contribution in [2.45, 2.75) is 45.8 Å². The van der Waals surface area contributed by atoms with E-state index >= 15 is 0 Å². The molecule has 0 aliphatic rings. The number of amides is 1. The number of hydrogen-bond acceptors (Lipinski definition) is 1. The lowest BCUT2D eigenvalue weighted by atomic mass is 10.0. The van der Waals surface area contributed by atoms with Gasteiger partial charge >= 0.3 is 6.18 Å². The molecule has 0 aliphatic carbocycles. The second-order valence-electron chi connectivity index (χ2n) is 5.53. The molecule has 2 nitrogen and oxygen atoms in total. The summed E-state index contributed by atoms with van der Waals surface area (Å²) in [7, 11) is 0. The highest BCUT2D eigenvalue weighted by atomic mass is 79.9. The lowest BCUT2D eigenvalue weighted by Crippen LogP contribution is -2.34. The maximum absolute atomic E-state index is 13.0. The first-order valence-electron chi connectivity index (χ1n) is 6.79. The Bertz CT molecular complexity index is 500. The Morgan fingerprint density at radius 1 is 1.24 bits per heavy atom. The van der Waals surface area contributed by atoms with Gasteiger partial charge in [-0.3, -0.25) is 4.79 Å². The molecule has 0 radical (unpaired) electrons. The lowest BCUT2D eigenvalue weighted by Gasteiger charge is -2.17. The molecule has 0 bridgehead atoms. The lowest BCUT2D eigenvalue weighted by molar-refractivity contribution is -0.138. The van der Waals surface area contributed by atoms with Gasteiger partial charge in [0.1, 0.15) is 0 Å². The van der Waals surface area contributed by atoms with Gasteiger partial charge in [-0.05, 0) is 43.9 Å². The Hall–Kier alpha value is -1.04. The first-order valence-corrected chi connectivity index (χ1v) is 7.58. The van der Waals surface area contributed by atoms with E-state index in [1.807, 2.05) is 0 Å². The van der Waals surface area contributed by atoms with E-state index in [9.17, 15) is 18.0 Å². The molecule has 0 aromatic heterocycles. The Balaban J connectivity index is 2.88. The molecule has 1 amide bonds. The third-order valence-corrected chi connectivity index (χ3v) is 3.58. The van der Waals surface area contributed by atoms with Crippen molar-refractivity contribution >= 4 is 21.8 Å². The van der Waals surface area contributed by atoms with Crippen LogP contribution in [-0.4, -0.2) is 11.9 Å². The summed E-state index contributed by atoms with van der Waals surface area (Å²) in [5.41, 5.74) is -1.27. The highest BCUT2D eigenvalue weighted by molar-refractivity contribution is 9.10. The number of halogens is 4. The second-order valence-corrected chi connectivity index (χ2v) is 6.45. The number of carbonyl (C=O) groups is 1. The van der Waals surface area contributed by atoms with Crippen molar-refractivity contribution in [1.82, 2.24) is 5.32 Å². The molecule has 0 spiro atoms. The summed E-state index contributed by atoms with van der Waals surface area (Å²) in [5, 5.41) is 2.63. The minimum Gasteiger partial charge on any atom is -0.350 e. The van der Waals surface area contributed by atoms with Crippen LogP contribution in [0.15, 0.2) is 22.7 Å². The number of rotatable bonds is 5. The van der Waals surface area contributed by atoms with Gasteiger partial charge < -0.3 is 5.32 Å². The van der Waals surface area contributed by atoms with E-state index in [-0.39, 0.29) is 11.6 Å². The van der Waals surface area contributed by atoms with Crippen molar-refractivity contribution in [1.29, 1.82) is 0 Å². The molecule has 21 heavy (non-hydrogen) atoms. The van der Waals surface area contributed by atoms with Crippen molar-refractivity contribution in [2.24, 2.45) is 5.92 Å². The van der Waals surface area contributed by atoms with E-state index in [1.54, 1.807) is 6.92 Å². The average Bonchev–Trinajstić information content (AvgIpc) is 2.35. The topological polar surface area (TPSA) is 29.1 Å². The number of hydrogen-bond donors (Lipinski definition) is 1. The van der Waals surface area contributed by atoms with Gasteiger partial charge in [0.25, 0.3) is 5.91 Å². The van der Waals surface area contributed by atoms with Crippen LogP contribution in [0.3, 0.4) is 0 Å². The summed E-state index contributed by atoms with van der Waals surface area (Å²) in [6, 6.07) is 3.39. The summed E-state index contributed by atoms with van der Waals surface area (Å²) in [5.74, 6) is -0.200. The zero-order chi connectivity index (χ0) is 16.2. The molecule has 0 heterocycles. The van der Waals surface area contributed by atoms with E-state index in [4.69, 9.17) is 0 Å². The first kappa shape index (κ1) is 18.0.